The van der Waals surface area contributed by atoms with Gasteiger partial charge in [-0.15, -0.1) is 11.3 Å². The van der Waals surface area contributed by atoms with Gasteiger partial charge in [0.2, 0.25) is 0 Å². The number of likely N-dealkylation sites (N-methyl/N-ethyl adjacent to an activating group) is 1. The third kappa shape index (κ3) is 5.04. The number of thiazole rings is 1. The maximum Gasteiger partial charge on any atom is 0.0897 e. The Bertz CT molecular complexity index is 347. The molecule has 0 amide bonds. The monoisotopic (exact) mass is 269 g/mol. The van der Waals surface area contributed by atoms with E-state index in [2.05, 4.69) is 62.2 Å². The lowest BCUT2D eigenvalue weighted by atomic mass is 10.0. The number of aryl methyl sites for hydroxylation is 1. The first-order valence-corrected chi connectivity index (χ1v) is 7.62. The van der Waals surface area contributed by atoms with Gasteiger partial charge in [0.1, 0.15) is 0 Å². The van der Waals surface area contributed by atoms with Crippen molar-refractivity contribution in [3.05, 3.63) is 16.1 Å². The van der Waals surface area contributed by atoms with E-state index in [-0.39, 0.29) is 0 Å². The minimum Gasteiger partial charge on any atom is -0.313 e. The fourth-order valence-electron chi connectivity index (χ4n) is 2.11. The smallest absolute Gasteiger partial charge is 0.0897 e. The van der Waals surface area contributed by atoms with Gasteiger partial charge >= 0.3 is 0 Å². The Hall–Kier alpha value is -0.450. The first kappa shape index (κ1) is 15.6. The molecule has 1 N–H and O–H groups in total. The second kappa shape index (κ2) is 7.22. The van der Waals surface area contributed by atoms with Crippen LogP contribution in [0.2, 0.25) is 0 Å². The van der Waals surface area contributed by atoms with Crippen molar-refractivity contribution in [1.29, 1.82) is 0 Å². The van der Waals surface area contributed by atoms with Crippen molar-refractivity contribution in [2.45, 2.75) is 53.2 Å². The molecule has 0 aliphatic rings. The largest absolute Gasteiger partial charge is 0.313 e. The molecule has 0 aliphatic carbocycles. The molecule has 1 unspecified atom stereocenters. The number of nitrogens with zero attached hydrogens (tertiary/aromatic N) is 2. The van der Waals surface area contributed by atoms with E-state index in [1.807, 2.05) is 0 Å². The summed E-state index contributed by atoms with van der Waals surface area (Å²) in [6, 6.07) is 1.09. The molecular weight excluding hydrogens is 242 g/mol. The molecule has 104 valence electrons. The summed E-state index contributed by atoms with van der Waals surface area (Å²) in [5, 5.41) is 6.86. The van der Waals surface area contributed by atoms with Crippen LogP contribution in [0.25, 0.3) is 0 Å². The van der Waals surface area contributed by atoms with E-state index in [9.17, 15) is 0 Å². The molecule has 0 spiro atoms. The summed E-state index contributed by atoms with van der Waals surface area (Å²) < 4.78 is 0. The Morgan fingerprint density at radius 2 is 2.00 bits per heavy atom. The summed E-state index contributed by atoms with van der Waals surface area (Å²) in [7, 11) is 2.20. The second-order valence-electron chi connectivity index (χ2n) is 5.65. The summed E-state index contributed by atoms with van der Waals surface area (Å²) in [5.41, 5.74) is 1.19. The van der Waals surface area contributed by atoms with Crippen LogP contribution < -0.4 is 5.32 Å². The molecule has 3 nitrogen and oxygen atoms in total. The summed E-state index contributed by atoms with van der Waals surface area (Å²) in [6.45, 7) is 13.0. The average Bonchev–Trinajstić information content (AvgIpc) is 2.63. The predicted molar refractivity (Wildman–Crippen MR) is 80.1 cm³/mol. The molecular formula is C14H27N3S. The van der Waals surface area contributed by atoms with Crippen LogP contribution in [-0.2, 0) is 6.54 Å². The SMILES string of the molecule is Cc1nc(CN(C)C(CNC(C)C)C(C)C)cs1. The zero-order valence-electron chi connectivity index (χ0n) is 12.5. The van der Waals surface area contributed by atoms with E-state index >= 15 is 0 Å². The van der Waals surface area contributed by atoms with Gasteiger partial charge < -0.3 is 5.32 Å². The van der Waals surface area contributed by atoms with E-state index in [0.29, 0.717) is 18.0 Å². The molecule has 1 aromatic heterocycles. The average molecular weight is 269 g/mol. The van der Waals surface area contributed by atoms with E-state index in [0.717, 1.165) is 18.1 Å². The molecule has 1 aromatic rings. The third-order valence-corrected chi connectivity index (χ3v) is 3.97. The highest BCUT2D eigenvalue weighted by Gasteiger charge is 2.19. The van der Waals surface area contributed by atoms with Crippen LogP contribution in [0.5, 0.6) is 0 Å². The minimum atomic E-state index is 0.543. The summed E-state index contributed by atoms with van der Waals surface area (Å²) in [4.78, 5) is 6.96. The highest BCUT2D eigenvalue weighted by molar-refractivity contribution is 7.09. The molecule has 4 heteroatoms. The van der Waals surface area contributed by atoms with Crippen molar-refractivity contribution in [2.24, 2.45) is 5.92 Å². The van der Waals surface area contributed by atoms with Gasteiger partial charge in [-0.1, -0.05) is 27.7 Å². The standard InChI is InChI=1S/C14H27N3S/c1-10(2)14(7-15-11(3)4)17(6)8-13-9-18-12(5)16-13/h9-11,14-15H,7-8H2,1-6H3. The Morgan fingerprint density at radius 1 is 1.33 bits per heavy atom. The van der Waals surface area contributed by atoms with Crippen molar-refractivity contribution >= 4 is 11.3 Å². The van der Waals surface area contributed by atoms with Crippen molar-refractivity contribution in [3.63, 3.8) is 0 Å². The van der Waals surface area contributed by atoms with Crippen molar-refractivity contribution < 1.29 is 0 Å². The number of aromatic nitrogens is 1. The maximum atomic E-state index is 4.54. The van der Waals surface area contributed by atoms with Gasteiger partial charge in [0.25, 0.3) is 0 Å². The van der Waals surface area contributed by atoms with Crippen molar-refractivity contribution in [1.82, 2.24) is 15.2 Å². The number of rotatable bonds is 7. The first-order valence-electron chi connectivity index (χ1n) is 6.74. The second-order valence-corrected chi connectivity index (χ2v) is 6.71. The fourth-order valence-corrected chi connectivity index (χ4v) is 2.71. The molecule has 0 radical (unpaired) electrons. The lowest BCUT2D eigenvalue weighted by Crippen LogP contribution is -2.44. The molecule has 0 saturated heterocycles. The molecule has 18 heavy (non-hydrogen) atoms. The van der Waals surface area contributed by atoms with Crippen LogP contribution in [-0.4, -0.2) is 35.6 Å². The molecule has 0 saturated carbocycles. The Kier molecular flexibility index (Phi) is 6.26. The highest BCUT2D eigenvalue weighted by atomic mass is 32.1. The topological polar surface area (TPSA) is 28.2 Å². The highest BCUT2D eigenvalue weighted by Crippen LogP contribution is 2.14. The van der Waals surface area contributed by atoms with E-state index in [4.69, 9.17) is 0 Å². The van der Waals surface area contributed by atoms with Gasteiger partial charge in [-0.05, 0) is 19.9 Å². The van der Waals surface area contributed by atoms with Crippen molar-refractivity contribution in [3.8, 4) is 0 Å². The number of nitrogens with one attached hydrogen (secondary N) is 1. The molecule has 0 aromatic carbocycles. The van der Waals surface area contributed by atoms with Gasteiger partial charge in [-0.25, -0.2) is 4.98 Å². The minimum absolute atomic E-state index is 0.543. The summed E-state index contributed by atoms with van der Waals surface area (Å²) in [5.74, 6) is 0.640. The van der Waals surface area contributed by atoms with E-state index < -0.39 is 0 Å². The predicted octanol–water partition coefficient (Wildman–Crippen LogP) is 2.91. The van der Waals surface area contributed by atoms with E-state index in [1.165, 1.54) is 5.69 Å². The Labute approximate surface area is 116 Å². The molecule has 1 rings (SSSR count). The Balaban J connectivity index is 2.56. The van der Waals surface area contributed by atoms with Crippen LogP contribution in [0.4, 0.5) is 0 Å². The van der Waals surface area contributed by atoms with Gasteiger partial charge in [-0.2, -0.15) is 0 Å². The van der Waals surface area contributed by atoms with Gasteiger partial charge in [0.05, 0.1) is 10.7 Å². The number of hydrogen-bond donors (Lipinski definition) is 1. The zero-order valence-corrected chi connectivity index (χ0v) is 13.3. The number of hydrogen-bond acceptors (Lipinski definition) is 4. The van der Waals surface area contributed by atoms with Crippen LogP contribution >= 0.6 is 11.3 Å². The van der Waals surface area contributed by atoms with Crippen LogP contribution in [0.3, 0.4) is 0 Å². The summed E-state index contributed by atoms with van der Waals surface area (Å²) in [6.07, 6.45) is 0. The Morgan fingerprint density at radius 3 is 2.44 bits per heavy atom. The van der Waals surface area contributed by atoms with Gasteiger partial charge in [0, 0.05) is 30.6 Å². The quantitative estimate of drug-likeness (QED) is 0.825. The molecule has 0 bridgehead atoms. The fraction of sp³-hybridized carbons (Fsp3) is 0.786. The van der Waals surface area contributed by atoms with Crippen molar-refractivity contribution in [2.75, 3.05) is 13.6 Å². The lowest BCUT2D eigenvalue weighted by Gasteiger charge is -2.31. The van der Waals surface area contributed by atoms with E-state index in [1.54, 1.807) is 11.3 Å². The lowest BCUT2D eigenvalue weighted by molar-refractivity contribution is 0.175. The van der Waals surface area contributed by atoms with Gasteiger partial charge in [0.15, 0.2) is 0 Å². The molecule has 1 atom stereocenters. The third-order valence-electron chi connectivity index (χ3n) is 3.15. The molecule has 1 heterocycles. The van der Waals surface area contributed by atoms with Crippen LogP contribution in [0.1, 0.15) is 38.4 Å². The van der Waals surface area contributed by atoms with Crippen LogP contribution in [0.15, 0.2) is 5.38 Å². The molecule has 0 aliphatic heterocycles. The zero-order chi connectivity index (χ0) is 13.7. The maximum absolute atomic E-state index is 4.54. The molecule has 0 fully saturated rings. The summed E-state index contributed by atoms with van der Waals surface area (Å²) >= 11 is 1.73. The van der Waals surface area contributed by atoms with Crippen LogP contribution in [0, 0.1) is 12.8 Å². The van der Waals surface area contributed by atoms with Gasteiger partial charge in [-0.3, -0.25) is 4.90 Å². The normalized spacial score (nSPS) is 13.8. The first-order chi connectivity index (χ1) is 8.40.